The van der Waals surface area contributed by atoms with Crippen LogP contribution < -0.4 is 16.2 Å². The minimum Gasteiger partial charge on any atom is -0.322 e. The third-order valence-corrected chi connectivity index (χ3v) is 5.44. The molecular weight excluding hydrogens is 431 g/mol. The van der Waals surface area contributed by atoms with Gasteiger partial charge in [-0.3, -0.25) is 4.79 Å². The number of pyridine rings is 1. The average Bonchev–Trinajstić information content (AvgIpc) is 3.46. The Balaban J connectivity index is 1.38. The van der Waals surface area contributed by atoms with Crippen LogP contribution in [0.5, 0.6) is 0 Å². The summed E-state index contributed by atoms with van der Waals surface area (Å²) in [4.78, 5) is 21.4. The number of aromatic nitrogens is 3. The Labute approximate surface area is 196 Å². The van der Waals surface area contributed by atoms with E-state index in [1.165, 1.54) is 12.1 Å². The molecule has 0 saturated carbocycles. The van der Waals surface area contributed by atoms with Crippen molar-refractivity contribution in [3.05, 3.63) is 101 Å². The second-order valence-electron chi connectivity index (χ2n) is 8.06. The summed E-state index contributed by atoms with van der Waals surface area (Å²) < 4.78 is 15.9. The molecular formula is C26H21FN6O. The lowest BCUT2D eigenvalue weighted by atomic mass is 10.0. The summed E-state index contributed by atoms with van der Waals surface area (Å²) >= 11 is 0. The van der Waals surface area contributed by atoms with Crippen LogP contribution in [0.1, 0.15) is 38.3 Å². The van der Waals surface area contributed by atoms with Crippen LogP contribution in [0.25, 0.3) is 5.69 Å². The SMILES string of the molecule is Cc1cn(-c2cc(F)cc(NC(=O)c3ccc(C)c(C#Cc4cnc5c(c4)CNN5)c3)c2)cn1. The molecule has 4 aromatic rings. The highest BCUT2D eigenvalue weighted by Gasteiger charge is 2.12. The molecule has 1 aliphatic heterocycles. The number of carbonyl (C=O) groups excluding carboxylic acids is 1. The molecule has 0 bridgehead atoms. The highest BCUT2D eigenvalue weighted by molar-refractivity contribution is 6.04. The second-order valence-corrected chi connectivity index (χ2v) is 8.06. The Kier molecular flexibility index (Phi) is 5.54. The highest BCUT2D eigenvalue weighted by atomic mass is 19.1. The number of hydrogen-bond acceptors (Lipinski definition) is 5. The summed E-state index contributed by atoms with van der Waals surface area (Å²) in [5, 5.41) is 2.78. The highest BCUT2D eigenvalue weighted by Crippen LogP contribution is 2.20. The Morgan fingerprint density at radius 1 is 1.12 bits per heavy atom. The molecule has 2 aromatic heterocycles. The van der Waals surface area contributed by atoms with E-state index in [2.05, 4.69) is 38.0 Å². The van der Waals surface area contributed by atoms with Gasteiger partial charge in [0.15, 0.2) is 0 Å². The van der Waals surface area contributed by atoms with E-state index in [-0.39, 0.29) is 5.91 Å². The lowest BCUT2D eigenvalue weighted by molar-refractivity contribution is 0.102. The fourth-order valence-corrected chi connectivity index (χ4v) is 3.65. The van der Waals surface area contributed by atoms with Crippen LogP contribution in [0.15, 0.2) is 61.2 Å². The first kappa shape index (κ1) is 21.4. The number of fused-ring (bicyclic) bond motifs is 1. The van der Waals surface area contributed by atoms with Gasteiger partial charge >= 0.3 is 0 Å². The Morgan fingerprint density at radius 3 is 2.82 bits per heavy atom. The van der Waals surface area contributed by atoms with E-state index in [1.54, 1.807) is 41.5 Å². The van der Waals surface area contributed by atoms with E-state index in [4.69, 9.17) is 0 Å². The van der Waals surface area contributed by atoms with Gasteiger partial charge in [-0.05, 0) is 55.8 Å². The van der Waals surface area contributed by atoms with Gasteiger partial charge in [0.05, 0.1) is 17.7 Å². The van der Waals surface area contributed by atoms with Crippen molar-refractivity contribution in [2.75, 3.05) is 10.7 Å². The molecule has 1 amide bonds. The second kappa shape index (κ2) is 8.81. The molecule has 0 saturated heterocycles. The maximum atomic E-state index is 14.2. The minimum absolute atomic E-state index is 0.349. The van der Waals surface area contributed by atoms with Crippen molar-refractivity contribution >= 4 is 17.4 Å². The standard InChI is InChI=1S/C26H21FN6O/c1-16-3-5-20(8-19(16)6-4-18-7-21-13-30-32-25(21)28-12-18)26(34)31-23-9-22(27)10-24(11-23)33-14-17(2)29-15-33/h3,5,7-12,14-15,30H,13H2,1-2H3,(H,28,32)(H,31,34). The number of hydrogen-bond donors (Lipinski definition) is 3. The molecule has 34 heavy (non-hydrogen) atoms. The molecule has 0 unspecified atom stereocenters. The molecule has 3 N–H and O–H groups in total. The third kappa shape index (κ3) is 4.51. The zero-order chi connectivity index (χ0) is 23.7. The molecule has 3 heterocycles. The van der Waals surface area contributed by atoms with Gasteiger partial charge < -0.3 is 15.3 Å². The first-order valence-electron chi connectivity index (χ1n) is 10.7. The van der Waals surface area contributed by atoms with Gasteiger partial charge in [-0.15, -0.1) is 0 Å². The molecule has 0 radical (unpaired) electrons. The zero-order valence-electron chi connectivity index (χ0n) is 18.6. The normalized spacial score (nSPS) is 11.9. The number of nitrogens with one attached hydrogen (secondary N) is 3. The van der Waals surface area contributed by atoms with E-state index in [0.717, 1.165) is 33.8 Å². The van der Waals surface area contributed by atoms with Gasteiger partial charge in [0.25, 0.3) is 5.91 Å². The van der Waals surface area contributed by atoms with E-state index in [1.807, 2.05) is 26.0 Å². The van der Waals surface area contributed by atoms with Crippen molar-refractivity contribution in [2.24, 2.45) is 0 Å². The number of amides is 1. The molecule has 1 aliphatic rings. The number of benzene rings is 2. The maximum Gasteiger partial charge on any atom is 0.255 e. The van der Waals surface area contributed by atoms with E-state index in [0.29, 0.717) is 23.5 Å². The summed E-state index contributed by atoms with van der Waals surface area (Å²) in [5.74, 6) is 6.27. The van der Waals surface area contributed by atoms with Crippen LogP contribution in [0.3, 0.4) is 0 Å². The lowest BCUT2D eigenvalue weighted by Crippen LogP contribution is -2.13. The number of nitrogens with zero attached hydrogens (tertiary/aromatic N) is 3. The zero-order valence-corrected chi connectivity index (χ0v) is 18.6. The number of anilines is 2. The van der Waals surface area contributed by atoms with E-state index in [9.17, 15) is 9.18 Å². The molecule has 0 spiro atoms. The molecule has 168 valence electrons. The van der Waals surface area contributed by atoms with Crippen molar-refractivity contribution < 1.29 is 9.18 Å². The van der Waals surface area contributed by atoms with Gasteiger partial charge in [-0.25, -0.2) is 19.8 Å². The fraction of sp³-hybridized carbons (Fsp3) is 0.115. The van der Waals surface area contributed by atoms with Crippen LogP contribution in [0.4, 0.5) is 15.9 Å². The van der Waals surface area contributed by atoms with Gasteiger partial charge in [0.2, 0.25) is 0 Å². The molecule has 8 heteroatoms. The monoisotopic (exact) mass is 452 g/mol. The van der Waals surface area contributed by atoms with Crippen LogP contribution in [-0.4, -0.2) is 20.4 Å². The van der Waals surface area contributed by atoms with Gasteiger partial charge in [0.1, 0.15) is 11.6 Å². The molecule has 0 fully saturated rings. The summed E-state index contributed by atoms with van der Waals surface area (Å²) in [6.07, 6.45) is 5.10. The summed E-state index contributed by atoms with van der Waals surface area (Å²) in [6, 6.07) is 11.7. The Hall–Kier alpha value is -4.48. The smallest absolute Gasteiger partial charge is 0.255 e. The van der Waals surface area contributed by atoms with Crippen molar-refractivity contribution in [1.82, 2.24) is 20.0 Å². The molecule has 5 rings (SSSR count). The van der Waals surface area contributed by atoms with Crippen LogP contribution in [0, 0.1) is 31.5 Å². The lowest BCUT2D eigenvalue weighted by Gasteiger charge is -2.10. The van der Waals surface area contributed by atoms with Gasteiger partial charge in [-0.1, -0.05) is 17.9 Å². The van der Waals surface area contributed by atoms with Crippen LogP contribution in [-0.2, 0) is 6.54 Å². The van der Waals surface area contributed by atoms with Crippen molar-refractivity contribution in [3.63, 3.8) is 0 Å². The van der Waals surface area contributed by atoms with Crippen molar-refractivity contribution in [3.8, 4) is 17.5 Å². The molecule has 0 aliphatic carbocycles. The topological polar surface area (TPSA) is 83.9 Å². The molecule has 0 atom stereocenters. The minimum atomic E-state index is -0.456. The quantitative estimate of drug-likeness (QED) is 0.408. The Bertz CT molecular complexity index is 1480. The Morgan fingerprint density at radius 2 is 2.00 bits per heavy atom. The predicted molar refractivity (Wildman–Crippen MR) is 128 cm³/mol. The third-order valence-electron chi connectivity index (χ3n) is 5.44. The first-order chi connectivity index (χ1) is 16.4. The summed E-state index contributed by atoms with van der Waals surface area (Å²) in [6.45, 7) is 4.48. The average molecular weight is 452 g/mol. The number of hydrazine groups is 1. The van der Waals surface area contributed by atoms with E-state index < -0.39 is 5.82 Å². The van der Waals surface area contributed by atoms with Gasteiger partial charge in [0, 0.05) is 46.9 Å². The summed E-state index contributed by atoms with van der Waals surface area (Å²) in [7, 11) is 0. The number of aryl methyl sites for hydroxylation is 2. The van der Waals surface area contributed by atoms with Crippen molar-refractivity contribution in [1.29, 1.82) is 0 Å². The van der Waals surface area contributed by atoms with Crippen molar-refractivity contribution in [2.45, 2.75) is 20.4 Å². The largest absolute Gasteiger partial charge is 0.322 e. The summed E-state index contributed by atoms with van der Waals surface area (Å²) in [5.41, 5.74) is 11.7. The predicted octanol–water partition coefficient (Wildman–Crippen LogP) is 4.11. The van der Waals surface area contributed by atoms with E-state index >= 15 is 0 Å². The van der Waals surface area contributed by atoms with Gasteiger partial charge in [-0.2, -0.15) is 0 Å². The molecule has 2 aromatic carbocycles. The number of halogens is 1. The fourth-order valence-electron chi connectivity index (χ4n) is 3.65. The number of imidazole rings is 1. The van der Waals surface area contributed by atoms with Crippen LogP contribution in [0.2, 0.25) is 0 Å². The first-order valence-corrected chi connectivity index (χ1v) is 10.7. The van der Waals surface area contributed by atoms with Crippen LogP contribution >= 0.6 is 0 Å². The number of rotatable bonds is 3. The number of carbonyl (C=O) groups is 1. The maximum absolute atomic E-state index is 14.2. The molecule has 7 nitrogen and oxygen atoms in total.